The molecule has 0 atom stereocenters. The van der Waals surface area contributed by atoms with E-state index in [9.17, 15) is 14.4 Å². The summed E-state index contributed by atoms with van der Waals surface area (Å²) in [6.45, 7) is 3.04. The largest absolute Gasteiger partial charge is 0.481 e. The van der Waals surface area contributed by atoms with Gasteiger partial charge in [-0.05, 0) is 44.7 Å². The Morgan fingerprint density at radius 2 is 1.96 bits per heavy atom. The van der Waals surface area contributed by atoms with Crippen LogP contribution in [0.4, 0.5) is 0 Å². The molecule has 0 aromatic carbocycles. The zero-order valence-electron chi connectivity index (χ0n) is 14.9. The molecule has 1 aromatic rings. The number of carboxylic acids is 1. The average molecular weight is 366 g/mol. The van der Waals surface area contributed by atoms with Gasteiger partial charge in [-0.2, -0.15) is 0 Å². The molecule has 2 amide bonds. The fraction of sp³-hybridized carbons (Fsp3) is 0.611. The molecule has 2 rings (SSSR count). The van der Waals surface area contributed by atoms with Crippen molar-refractivity contribution in [3.63, 3.8) is 0 Å². The molecule has 0 radical (unpaired) electrons. The number of carbonyl (C=O) groups excluding carboxylic acids is 2. The molecule has 6 nitrogen and oxygen atoms in total. The van der Waals surface area contributed by atoms with E-state index in [0.29, 0.717) is 32.4 Å². The van der Waals surface area contributed by atoms with E-state index in [-0.39, 0.29) is 24.3 Å². The van der Waals surface area contributed by atoms with Crippen LogP contribution in [0.1, 0.15) is 35.4 Å². The van der Waals surface area contributed by atoms with Crippen molar-refractivity contribution in [3.05, 3.63) is 21.9 Å². The number of rotatable bonds is 7. The van der Waals surface area contributed by atoms with Crippen molar-refractivity contribution in [2.45, 2.75) is 39.0 Å². The topological polar surface area (TPSA) is 77.9 Å². The highest BCUT2D eigenvalue weighted by Crippen LogP contribution is 2.18. The second-order valence-corrected chi connectivity index (χ2v) is 7.98. The van der Waals surface area contributed by atoms with Crippen LogP contribution >= 0.6 is 11.3 Å². The first-order valence-corrected chi connectivity index (χ1v) is 9.48. The minimum atomic E-state index is -0.791. The highest BCUT2D eigenvalue weighted by molar-refractivity contribution is 7.11. The molecule has 1 fully saturated rings. The molecule has 0 bridgehead atoms. The Labute approximate surface area is 152 Å². The Morgan fingerprint density at radius 3 is 2.52 bits per heavy atom. The van der Waals surface area contributed by atoms with Crippen molar-refractivity contribution in [1.82, 2.24) is 9.80 Å². The summed E-state index contributed by atoms with van der Waals surface area (Å²) in [5.41, 5.74) is 0. The lowest BCUT2D eigenvalue weighted by Gasteiger charge is -2.31. The lowest BCUT2D eigenvalue weighted by Crippen LogP contribution is -2.45. The third kappa shape index (κ3) is 5.85. The van der Waals surface area contributed by atoms with Gasteiger partial charge in [-0.1, -0.05) is 0 Å². The number of hydrogen-bond acceptors (Lipinski definition) is 4. The lowest BCUT2D eigenvalue weighted by atomic mass is 9.97. The standard InChI is InChI=1S/C18H26N2O4S/c1-13-6-7-15(25-13)4-3-5-16(21)19(2)12-17(22)20-10-8-14(9-11-20)18(23)24/h6-7,14H,3-5,8-12H2,1-2H3,(H,23,24). The smallest absolute Gasteiger partial charge is 0.306 e. The van der Waals surface area contributed by atoms with E-state index >= 15 is 0 Å². The minimum absolute atomic E-state index is 0.0259. The summed E-state index contributed by atoms with van der Waals surface area (Å²) in [6, 6.07) is 4.18. The van der Waals surface area contributed by atoms with Crippen LogP contribution in [0.2, 0.25) is 0 Å². The second kappa shape index (κ2) is 8.99. The van der Waals surface area contributed by atoms with Gasteiger partial charge in [-0.3, -0.25) is 14.4 Å². The molecule has 0 saturated carbocycles. The molecule has 2 heterocycles. The van der Waals surface area contributed by atoms with Crippen molar-refractivity contribution in [2.24, 2.45) is 5.92 Å². The summed E-state index contributed by atoms with van der Waals surface area (Å²) < 4.78 is 0. The van der Waals surface area contributed by atoms with Crippen molar-refractivity contribution in [2.75, 3.05) is 26.7 Å². The third-order valence-corrected chi connectivity index (χ3v) is 5.67. The highest BCUT2D eigenvalue weighted by Gasteiger charge is 2.27. The zero-order valence-corrected chi connectivity index (χ0v) is 15.7. The number of likely N-dealkylation sites (tertiary alicyclic amines) is 1. The van der Waals surface area contributed by atoms with E-state index in [0.717, 1.165) is 12.8 Å². The number of carbonyl (C=O) groups is 3. The Balaban J connectivity index is 1.69. The number of thiophene rings is 1. The normalized spacial score (nSPS) is 15.2. The predicted molar refractivity (Wildman–Crippen MR) is 96.6 cm³/mol. The number of carboxylic acid groups (broad SMARTS) is 1. The van der Waals surface area contributed by atoms with Gasteiger partial charge < -0.3 is 14.9 Å². The first-order chi connectivity index (χ1) is 11.9. The fourth-order valence-corrected chi connectivity index (χ4v) is 3.92. The van der Waals surface area contributed by atoms with Crippen LogP contribution in [0.25, 0.3) is 0 Å². The molecule has 1 saturated heterocycles. The number of aliphatic carboxylic acids is 1. The Bertz CT molecular complexity index is 620. The fourth-order valence-electron chi connectivity index (χ4n) is 2.99. The van der Waals surface area contributed by atoms with Crippen molar-refractivity contribution >= 4 is 29.1 Å². The summed E-state index contributed by atoms with van der Waals surface area (Å²) in [6.07, 6.45) is 3.07. The van der Waals surface area contributed by atoms with Crippen LogP contribution in [0.3, 0.4) is 0 Å². The third-order valence-electron chi connectivity index (χ3n) is 4.60. The first kappa shape index (κ1) is 19.4. The Hall–Kier alpha value is -1.89. The number of piperidine rings is 1. The molecule has 138 valence electrons. The van der Waals surface area contributed by atoms with Gasteiger partial charge in [0.05, 0.1) is 12.5 Å². The zero-order chi connectivity index (χ0) is 18.4. The SMILES string of the molecule is Cc1ccc(CCCC(=O)N(C)CC(=O)N2CCC(C(=O)O)CC2)s1. The highest BCUT2D eigenvalue weighted by atomic mass is 32.1. The molecule has 1 aromatic heterocycles. The summed E-state index contributed by atoms with van der Waals surface area (Å²) in [7, 11) is 1.65. The van der Waals surface area contributed by atoms with E-state index in [1.807, 2.05) is 0 Å². The molecule has 1 aliphatic rings. The van der Waals surface area contributed by atoms with Crippen LogP contribution in [0, 0.1) is 12.8 Å². The Morgan fingerprint density at radius 1 is 1.28 bits per heavy atom. The van der Waals surface area contributed by atoms with Gasteiger partial charge in [-0.25, -0.2) is 0 Å². The van der Waals surface area contributed by atoms with Crippen LogP contribution < -0.4 is 0 Å². The maximum Gasteiger partial charge on any atom is 0.306 e. The molecule has 7 heteroatoms. The maximum atomic E-state index is 12.3. The lowest BCUT2D eigenvalue weighted by molar-refractivity contribution is -0.146. The molecule has 0 unspecified atom stereocenters. The minimum Gasteiger partial charge on any atom is -0.481 e. The summed E-state index contributed by atoms with van der Waals surface area (Å²) in [5, 5.41) is 8.99. The molecule has 25 heavy (non-hydrogen) atoms. The van der Waals surface area contributed by atoms with Gasteiger partial charge >= 0.3 is 5.97 Å². The van der Waals surface area contributed by atoms with Crippen LogP contribution in [-0.2, 0) is 20.8 Å². The van der Waals surface area contributed by atoms with Gasteiger partial charge in [0.15, 0.2) is 0 Å². The molecule has 0 spiro atoms. The number of nitrogens with zero attached hydrogens (tertiary/aromatic N) is 2. The van der Waals surface area contributed by atoms with E-state index in [4.69, 9.17) is 5.11 Å². The van der Waals surface area contributed by atoms with E-state index in [1.54, 1.807) is 23.3 Å². The summed E-state index contributed by atoms with van der Waals surface area (Å²) in [5.74, 6) is -1.28. The van der Waals surface area contributed by atoms with E-state index in [1.165, 1.54) is 14.7 Å². The number of amides is 2. The van der Waals surface area contributed by atoms with Crippen molar-refractivity contribution in [1.29, 1.82) is 0 Å². The molecule has 1 aliphatic heterocycles. The number of likely N-dealkylation sites (N-methyl/N-ethyl adjacent to an activating group) is 1. The van der Waals surface area contributed by atoms with Crippen LogP contribution in [0.15, 0.2) is 12.1 Å². The molecule has 0 aliphatic carbocycles. The van der Waals surface area contributed by atoms with E-state index < -0.39 is 5.97 Å². The van der Waals surface area contributed by atoms with Crippen LogP contribution in [-0.4, -0.2) is 59.4 Å². The maximum absolute atomic E-state index is 12.3. The van der Waals surface area contributed by atoms with E-state index in [2.05, 4.69) is 19.1 Å². The molecular formula is C18H26N2O4S. The average Bonchev–Trinajstić information content (AvgIpc) is 3.00. The second-order valence-electron chi connectivity index (χ2n) is 6.61. The van der Waals surface area contributed by atoms with Gasteiger partial charge in [0.2, 0.25) is 11.8 Å². The molecular weight excluding hydrogens is 340 g/mol. The van der Waals surface area contributed by atoms with Crippen molar-refractivity contribution < 1.29 is 19.5 Å². The van der Waals surface area contributed by atoms with Gasteiger partial charge in [0.25, 0.3) is 0 Å². The molecule has 1 N–H and O–H groups in total. The quantitative estimate of drug-likeness (QED) is 0.802. The van der Waals surface area contributed by atoms with Gasteiger partial charge in [0, 0.05) is 36.3 Å². The first-order valence-electron chi connectivity index (χ1n) is 8.66. The van der Waals surface area contributed by atoms with Crippen molar-refractivity contribution in [3.8, 4) is 0 Å². The van der Waals surface area contributed by atoms with Crippen LogP contribution in [0.5, 0.6) is 0 Å². The van der Waals surface area contributed by atoms with Gasteiger partial charge in [-0.15, -0.1) is 11.3 Å². The monoisotopic (exact) mass is 366 g/mol. The van der Waals surface area contributed by atoms with Gasteiger partial charge in [0.1, 0.15) is 0 Å². The summed E-state index contributed by atoms with van der Waals surface area (Å²) >= 11 is 1.75. The predicted octanol–water partition coefficient (Wildman–Crippen LogP) is 2.16. The summed E-state index contributed by atoms with van der Waals surface area (Å²) in [4.78, 5) is 41.1. The number of aryl methyl sites for hydroxylation is 2. The number of hydrogen-bond donors (Lipinski definition) is 1. The Kier molecular flexibility index (Phi) is 6.99.